The highest BCUT2D eigenvalue weighted by Crippen LogP contribution is 2.16. The van der Waals surface area contributed by atoms with Crippen LogP contribution in [0.15, 0.2) is 35.5 Å². The van der Waals surface area contributed by atoms with Gasteiger partial charge in [-0.25, -0.2) is 0 Å². The Balaban J connectivity index is 4.01. The predicted octanol–water partition coefficient (Wildman–Crippen LogP) is 4.65. The molecule has 0 aliphatic heterocycles. The van der Waals surface area contributed by atoms with Crippen LogP contribution in [0, 0.1) is 0 Å². The third kappa shape index (κ3) is 5.46. The zero-order valence-corrected chi connectivity index (χ0v) is 9.48. The summed E-state index contributed by atoms with van der Waals surface area (Å²) >= 11 is 0. The van der Waals surface area contributed by atoms with Crippen molar-refractivity contribution in [1.82, 2.24) is 0 Å². The van der Waals surface area contributed by atoms with Gasteiger partial charge < -0.3 is 0 Å². The smallest absolute Gasteiger partial charge is 0.0142 e. The molecule has 0 saturated carbocycles. The van der Waals surface area contributed by atoms with Gasteiger partial charge in [0.05, 0.1) is 0 Å². The molecule has 0 aromatic heterocycles. The fourth-order valence-electron chi connectivity index (χ4n) is 1.15. The molecule has 0 heterocycles. The Kier molecular flexibility index (Phi) is 6.30. The average Bonchev–Trinajstić information content (AvgIpc) is 2.11. The molecule has 0 unspecified atom stereocenters. The molecule has 0 aliphatic carbocycles. The minimum absolute atomic E-state index is 1.03. The molecule has 0 bridgehead atoms. The first kappa shape index (κ1) is 12.2. The summed E-state index contributed by atoms with van der Waals surface area (Å²) in [5, 5.41) is 0. The molecule has 74 valence electrons. The highest BCUT2D eigenvalue weighted by molar-refractivity contribution is 5.12. The Hall–Kier alpha value is -0.780. The molecule has 0 aromatic carbocycles. The Bertz CT molecular complexity index is 212. The van der Waals surface area contributed by atoms with Gasteiger partial charge >= 0.3 is 0 Å². The molecule has 0 atom stereocenters. The summed E-state index contributed by atoms with van der Waals surface area (Å²) in [5.41, 5.74) is 4.47. The van der Waals surface area contributed by atoms with E-state index in [1.807, 2.05) is 6.08 Å². The maximum absolute atomic E-state index is 3.76. The maximum atomic E-state index is 3.76. The van der Waals surface area contributed by atoms with Crippen LogP contribution >= 0.6 is 0 Å². The number of hydrogen-bond donors (Lipinski definition) is 0. The minimum Gasteiger partial charge on any atom is -0.103 e. The van der Waals surface area contributed by atoms with Gasteiger partial charge in [0.1, 0.15) is 0 Å². The molecule has 0 radical (unpaired) electrons. The first-order chi connectivity index (χ1) is 6.11. The van der Waals surface area contributed by atoms with Crippen LogP contribution in [0.5, 0.6) is 0 Å². The highest BCUT2D eigenvalue weighted by atomic mass is 14.0. The monoisotopic (exact) mass is 178 g/mol. The SMILES string of the molecule is C=CC/C(=C/C)CCC(C)=C(C)C. The lowest BCUT2D eigenvalue weighted by atomic mass is 10.0. The summed E-state index contributed by atoms with van der Waals surface area (Å²) in [7, 11) is 0. The van der Waals surface area contributed by atoms with Crippen LogP contribution < -0.4 is 0 Å². The average molecular weight is 178 g/mol. The van der Waals surface area contributed by atoms with Gasteiger partial charge in [-0.2, -0.15) is 0 Å². The normalized spacial score (nSPS) is 11.2. The van der Waals surface area contributed by atoms with Crippen LogP contribution in [-0.2, 0) is 0 Å². The minimum atomic E-state index is 1.03. The lowest BCUT2D eigenvalue weighted by molar-refractivity contribution is 0.882. The van der Waals surface area contributed by atoms with E-state index in [0.717, 1.165) is 6.42 Å². The lowest BCUT2D eigenvalue weighted by Crippen LogP contribution is -1.86. The van der Waals surface area contributed by atoms with Crippen LogP contribution in [0.1, 0.15) is 47.0 Å². The van der Waals surface area contributed by atoms with Crippen LogP contribution in [0.4, 0.5) is 0 Å². The van der Waals surface area contributed by atoms with Crippen molar-refractivity contribution in [2.45, 2.75) is 47.0 Å². The van der Waals surface area contributed by atoms with Crippen LogP contribution in [0.25, 0.3) is 0 Å². The lowest BCUT2D eigenvalue weighted by Gasteiger charge is -2.06. The molecule has 0 fully saturated rings. The molecule has 0 spiro atoms. The van der Waals surface area contributed by atoms with Gasteiger partial charge in [-0.05, 0) is 47.0 Å². The van der Waals surface area contributed by atoms with Crippen molar-refractivity contribution < 1.29 is 0 Å². The second-order valence-corrected chi connectivity index (χ2v) is 3.72. The molecule has 0 rings (SSSR count). The summed E-state index contributed by atoms with van der Waals surface area (Å²) in [6.07, 6.45) is 7.59. The topological polar surface area (TPSA) is 0 Å². The summed E-state index contributed by atoms with van der Waals surface area (Å²) in [4.78, 5) is 0. The Morgan fingerprint density at radius 3 is 2.15 bits per heavy atom. The van der Waals surface area contributed by atoms with E-state index in [1.54, 1.807) is 0 Å². The highest BCUT2D eigenvalue weighted by Gasteiger charge is 1.96. The standard InChI is InChI=1S/C13H22/c1-6-8-13(7-2)10-9-12(5)11(3)4/h6-7H,1,8-10H2,2-5H3/b13-7-. The van der Waals surface area contributed by atoms with E-state index < -0.39 is 0 Å². The van der Waals surface area contributed by atoms with Crippen molar-refractivity contribution in [3.8, 4) is 0 Å². The van der Waals surface area contributed by atoms with Crippen LogP contribution in [0.3, 0.4) is 0 Å². The summed E-state index contributed by atoms with van der Waals surface area (Å²) in [5.74, 6) is 0. The quantitative estimate of drug-likeness (QED) is 0.538. The van der Waals surface area contributed by atoms with Crippen molar-refractivity contribution >= 4 is 0 Å². The predicted molar refractivity (Wildman–Crippen MR) is 61.9 cm³/mol. The van der Waals surface area contributed by atoms with Crippen molar-refractivity contribution in [1.29, 1.82) is 0 Å². The van der Waals surface area contributed by atoms with E-state index in [2.05, 4.69) is 40.3 Å². The molecule has 0 aromatic rings. The maximum Gasteiger partial charge on any atom is -0.0142 e. The van der Waals surface area contributed by atoms with E-state index in [1.165, 1.54) is 29.6 Å². The van der Waals surface area contributed by atoms with Crippen LogP contribution in [0.2, 0.25) is 0 Å². The van der Waals surface area contributed by atoms with Gasteiger partial charge in [0.25, 0.3) is 0 Å². The van der Waals surface area contributed by atoms with Crippen molar-refractivity contribution in [2.24, 2.45) is 0 Å². The molecule has 0 nitrogen and oxygen atoms in total. The molecule has 0 N–H and O–H groups in total. The van der Waals surface area contributed by atoms with Crippen LogP contribution in [-0.4, -0.2) is 0 Å². The molecular formula is C13H22. The Morgan fingerprint density at radius 1 is 1.15 bits per heavy atom. The van der Waals surface area contributed by atoms with Crippen molar-refractivity contribution in [3.63, 3.8) is 0 Å². The number of allylic oxidation sites excluding steroid dienone is 5. The molecule has 0 aliphatic rings. The zero-order chi connectivity index (χ0) is 10.3. The second kappa shape index (κ2) is 6.71. The summed E-state index contributed by atoms with van der Waals surface area (Å²) in [6, 6.07) is 0. The van der Waals surface area contributed by atoms with E-state index >= 15 is 0 Å². The van der Waals surface area contributed by atoms with Gasteiger partial charge in [0, 0.05) is 0 Å². The largest absolute Gasteiger partial charge is 0.103 e. The van der Waals surface area contributed by atoms with E-state index in [-0.39, 0.29) is 0 Å². The van der Waals surface area contributed by atoms with Crippen molar-refractivity contribution in [2.75, 3.05) is 0 Å². The van der Waals surface area contributed by atoms with E-state index in [4.69, 9.17) is 0 Å². The number of rotatable bonds is 5. The van der Waals surface area contributed by atoms with E-state index in [9.17, 15) is 0 Å². The van der Waals surface area contributed by atoms with E-state index in [0.29, 0.717) is 0 Å². The van der Waals surface area contributed by atoms with Gasteiger partial charge in [-0.1, -0.05) is 28.9 Å². The Labute approximate surface area is 83.0 Å². The Morgan fingerprint density at radius 2 is 1.77 bits per heavy atom. The van der Waals surface area contributed by atoms with Gasteiger partial charge in [0.15, 0.2) is 0 Å². The van der Waals surface area contributed by atoms with Gasteiger partial charge in [0.2, 0.25) is 0 Å². The van der Waals surface area contributed by atoms with Crippen molar-refractivity contribution in [3.05, 3.63) is 35.5 Å². The fourth-order valence-corrected chi connectivity index (χ4v) is 1.15. The summed E-state index contributed by atoms with van der Waals surface area (Å²) in [6.45, 7) is 12.4. The molecule has 0 saturated heterocycles. The fraction of sp³-hybridized carbons (Fsp3) is 0.538. The second-order valence-electron chi connectivity index (χ2n) is 3.72. The third-order valence-electron chi connectivity index (χ3n) is 2.49. The zero-order valence-electron chi connectivity index (χ0n) is 9.48. The molecule has 13 heavy (non-hydrogen) atoms. The third-order valence-corrected chi connectivity index (χ3v) is 2.49. The van der Waals surface area contributed by atoms with Gasteiger partial charge in [-0.3, -0.25) is 0 Å². The van der Waals surface area contributed by atoms with Gasteiger partial charge in [-0.15, -0.1) is 6.58 Å². The molecule has 0 amide bonds. The molecular weight excluding hydrogens is 156 g/mol. The first-order valence-electron chi connectivity index (χ1n) is 4.99. The molecule has 0 heteroatoms. The number of hydrogen-bond acceptors (Lipinski definition) is 0. The summed E-state index contributed by atoms with van der Waals surface area (Å²) < 4.78 is 0. The first-order valence-corrected chi connectivity index (χ1v) is 4.99.